The highest BCUT2D eigenvalue weighted by molar-refractivity contribution is 4.68. The SMILES string of the molecule is C/C=C\C.CCCC. The maximum atomic E-state index is 2.18. The minimum atomic E-state index is 1.32. The van der Waals surface area contributed by atoms with Crippen molar-refractivity contribution < 1.29 is 0 Å². The second-order valence-electron chi connectivity index (χ2n) is 1.67. The van der Waals surface area contributed by atoms with Crippen molar-refractivity contribution in [3.8, 4) is 0 Å². The van der Waals surface area contributed by atoms with Gasteiger partial charge in [0.2, 0.25) is 0 Å². The van der Waals surface area contributed by atoms with Crippen LogP contribution in [-0.2, 0) is 0 Å². The minimum Gasteiger partial charge on any atom is -0.0919 e. The summed E-state index contributed by atoms with van der Waals surface area (Å²) in [6.07, 6.45) is 6.64. The van der Waals surface area contributed by atoms with Crippen LogP contribution in [0.4, 0.5) is 0 Å². The van der Waals surface area contributed by atoms with Crippen molar-refractivity contribution in [1.82, 2.24) is 0 Å². The number of rotatable bonds is 1. The number of hydrogen-bond donors (Lipinski definition) is 0. The van der Waals surface area contributed by atoms with E-state index in [1.165, 1.54) is 12.8 Å². The van der Waals surface area contributed by atoms with Gasteiger partial charge in [0.15, 0.2) is 0 Å². The van der Waals surface area contributed by atoms with Gasteiger partial charge in [0, 0.05) is 0 Å². The third kappa shape index (κ3) is 42.6. The topological polar surface area (TPSA) is 0 Å². The summed E-state index contributed by atoms with van der Waals surface area (Å²) in [4.78, 5) is 0. The van der Waals surface area contributed by atoms with Crippen LogP contribution in [0.25, 0.3) is 0 Å². The lowest BCUT2D eigenvalue weighted by atomic mass is 10.4. The third-order valence-electron chi connectivity index (χ3n) is 0.833. The molecule has 50 valence electrons. The van der Waals surface area contributed by atoms with Crippen LogP contribution in [0.2, 0.25) is 0 Å². The van der Waals surface area contributed by atoms with Crippen molar-refractivity contribution in [2.75, 3.05) is 0 Å². The van der Waals surface area contributed by atoms with Crippen molar-refractivity contribution in [2.45, 2.75) is 40.5 Å². The van der Waals surface area contributed by atoms with Gasteiger partial charge in [-0.05, 0) is 13.8 Å². The number of hydrogen-bond acceptors (Lipinski definition) is 0. The molecule has 0 spiro atoms. The largest absolute Gasteiger partial charge is 0.0919 e. The number of allylic oxidation sites excluding steroid dienone is 2. The molecule has 0 N–H and O–H groups in total. The average Bonchev–Trinajstić information content (AvgIpc) is 1.88. The van der Waals surface area contributed by atoms with Gasteiger partial charge in [0.25, 0.3) is 0 Å². The summed E-state index contributed by atoms with van der Waals surface area (Å²) in [5.41, 5.74) is 0. The Labute approximate surface area is 53.6 Å². The van der Waals surface area contributed by atoms with Gasteiger partial charge in [-0.15, -0.1) is 0 Å². The summed E-state index contributed by atoms with van der Waals surface area (Å²) in [5.74, 6) is 0. The minimum absolute atomic E-state index is 1.32. The molecular formula is C8H18. The molecule has 0 amide bonds. The first-order valence-electron chi connectivity index (χ1n) is 3.40. The highest BCUT2D eigenvalue weighted by Crippen LogP contribution is 1.76. The van der Waals surface area contributed by atoms with E-state index in [2.05, 4.69) is 13.8 Å². The molecule has 0 heteroatoms. The highest BCUT2D eigenvalue weighted by atomic mass is 13.6. The quantitative estimate of drug-likeness (QED) is 0.458. The summed E-state index contributed by atoms with van der Waals surface area (Å²) in [7, 11) is 0. The van der Waals surface area contributed by atoms with E-state index in [1.54, 1.807) is 0 Å². The lowest BCUT2D eigenvalue weighted by molar-refractivity contribution is 0.886. The molecule has 0 rings (SSSR count). The average molecular weight is 114 g/mol. The molecule has 0 aliphatic rings. The van der Waals surface area contributed by atoms with Gasteiger partial charge < -0.3 is 0 Å². The summed E-state index contributed by atoms with van der Waals surface area (Å²) in [6, 6.07) is 0. The molecule has 0 fully saturated rings. The van der Waals surface area contributed by atoms with E-state index in [1.807, 2.05) is 26.0 Å². The normalized spacial score (nSPS) is 8.50. The fourth-order valence-corrected chi connectivity index (χ4v) is 0. The molecule has 0 radical (unpaired) electrons. The molecule has 0 aromatic heterocycles. The molecule has 0 aromatic carbocycles. The van der Waals surface area contributed by atoms with Crippen molar-refractivity contribution in [3.05, 3.63) is 12.2 Å². The molecule has 0 aromatic rings. The summed E-state index contributed by atoms with van der Waals surface area (Å²) >= 11 is 0. The van der Waals surface area contributed by atoms with Gasteiger partial charge in [0.1, 0.15) is 0 Å². The van der Waals surface area contributed by atoms with Crippen LogP contribution in [0.5, 0.6) is 0 Å². The van der Waals surface area contributed by atoms with Crippen LogP contribution in [-0.4, -0.2) is 0 Å². The Morgan fingerprint density at radius 2 is 1.12 bits per heavy atom. The maximum absolute atomic E-state index is 2.18. The zero-order chi connectivity index (χ0) is 6.83. The zero-order valence-corrected chi connectivity index (χ0v) is 6.57. The third-order valence-corrected chi connectivity index (χ3v) is 0.833. The second-order valence-corrected chi connectivity index (χ2v) is 1.67. The van der Waals surface area contributed by atoms with Crippen molar-refractivity contribution in [3.63, 3.8) is 0 Å². The van der Waals surface area contributed by atoms with Crippen LogP contribution in [0.3, 0.4) is 0 Å². The van der Waals surface area contributed by atoms with Crippen LogP contribution >= 0.6 is 0 Å². The molecule has 0 bridgehead atoms. The smallest absolute Gasteiger partial charge is 0.0470 e. The lowest BCUT2D eigenvalue weighted by Gasteiger charge is -1.68. The van der Waals surface area contributed by atoms with Crippen molar-refractivity contribution >= 4 is 0 Å². The van der Waals surface area contributed by atoms with E-state index in [0.717, 1.165) is 0 Å². The molecule has 0 aliphatic heterocycles. The molecule has 0 saturated carbocycles. The predicted octanol–water partition coefficient (Wildman–Crippen LogP) is 3.39. The Bertz CT molecular complexity index is 29.3. The molecule has 0 heterocycles. The second kappa shape index (κ2) is 15.9. The van der Waals surface area contributed by atoms with E-state index < -0.39 is 0 Å². The van der Waals surface area contributed by atoms with Gasteiger partial charge in [0.05, 0.1) is 0 Å². The highest BCUT2D eigenvalue weighted by Gasteiger charge is 1.56. The Balaban J connectivity index is 0. The zero-order valence-electron chi connectivity index (χ0n) is 6.57. The molecule has 0 saturated heterocycles. The molecule has 0 atom stereocenters. The molecule has 0 aliphatic carbocycles. The van der Waals surface area contributed by atoms with Gasteiger partial charge in [-0.25, -0.2) is 0 Å². The Hall–Kier alpha value is -0.260. The van der Waals surface area contributed by atoms with Gasteiger partial charge >= 0.3 is 0 Å². The monoisotopic (exact) mass is 114 g/mol. The van der Waals surface area contributed by atoms with E-state index >= 15 is 0 Å². The van der Waals surface area contributed by atoms with E-state index in [4.69, 9.17) is 0 Å². The van der Waals surface area contributed by atoms with E-state index in [0.29, 0.717) is 0 Å². The molecule has 0 unspecified atom stereocenters. The fraction of sp³-hybridized carbons (Fsp3) is 0.750. The first-order valence-corrected chi connectivity index (χ1v) is 3.40. The van der Waals surface area contributed by atoms with Crippen LogP contribution in [0, 0.1) is 0 Å². The van der Waals surface area contributed by atoms with E-state index in [9.17, 15) is 0 Å². The predicted molar refractivity (Wildman–Crippen MR) is 41.1 cm³/mol. The number of unbranched alkanes of at least 4 members (excludes halogenated alkanes) is 1. The fourth-order valence-electron chi connectivity index (χ4n) is 0. The Morgan fingerprint density at radius 1 is 0.875 bits per heavy atom. The standard InChI is InChI=1S/C4H10.C4H8/c2*1-3-4-2/h3-4H2,1-2H3;3-4H,1-2H3/b;4-3-. The van der Waals surface area contributed by atoms with E-state index in [-0.39, 0.29) is 0 Å². The van der Waals surface area contributed by atoms with Crippen LogP contribution < -0.4 is 0 Å². The van der Waals surface area contributed by atoms with Gasteiger partial charge in [-0.3, -0.25) is 0 Å². The molecule has 8 heavy (non-hydrogen) atoms. The molecule has 0 nitrogen and oxygen atoms in total. The van der Waals surface area contributed by atoms with Gasteiger partial charge in [-0.2, -0.15) is 0 Å². The first-order chi connectivity index (χ1) is 3.83. The first kappa shape index (κ1) is 10.7. The summed E-state index contributed by atoms with van der Waals surface area (Å²) in [6.45, 7) is 8.36. The Morgan fingerprint density at radius 3 is 1.12 bits per heavy atom. The van der Waals surface area contributed by atoms with Crippen LogP contribution in [0.15, 0.2) is 12.2 Å². The van der Waals surface area contributed by atoms with Crippen molar-refractivity contribution in [2.24, 2.45) is 0 Å². The van der Waals surface area contributed by atoms with Gasteiger partial charge in [-0.1, -0.05) is 38.8 Å². The maximum Gasteiger partial charge on any atom is -0.0470 e. The van der Waals surface area contributed by atoms with Crippen molar-refractivity contribution in [1.29, 1.82) is 0 Å². The lowest BCUT2D eigenvalue weighted by Crippen LogP contribution is -1.47. The summed E-state index contributed by atoms with van der Waals surface area (Å²) in [5, 5.41) is 0. The Kier molecular flexibility index (Phi) is 21.2. The summed E-state index contributed by atoms with van der Waals surface area (Å²) < 4.78 is 0. The molecular weight excluding hydrogens is 96.1 g/mol. The van der Waals surface area contributed by atoms with Crippen LogP contribution in [0.1, 0.15) is 40.5 Å².